The van der Waals surface area contributed by atoms with E-state index in [-0.39, 0.29) is 24.0 Å². The number of rotatable bonds is 5. The summed E-state index contributed by atoms with van der Waals surface area (Å²) < 4.78 is 0. The summed E-state index contributed by atoms with van der Waals surface area (Å²) in [4.78, 5) is 25.7. The fourth-order valence-corrected chi connectivity index (χ4v) is 1.40. The molecule has 98 valence electrons. The first kappa shape index (κ1) is 13.9. The van der Waals surface area contributed by atoms with Crippen LogP contribution in [-0.4, -0.2) is 29.4 Å². The maximum atomic E-state index is 11.6. The molecule has 0 aliphatic carbocycles. The zero-order chi connectivity index (χ0) is 13.8. The van der Waals surface area contributed by atoms with Crippen LogP contribution in [0.4, 0.5) is 11.5 Å². The Morgan fingerprint density at radius 2 is 2.22 bits per heavy atom. The molecule has 7 nitrogen and oxygen atoms in total. The number of anilines is 1. The van der Waals surface area contributed by atoms with Crippen molar-refractivity contribution in [2.24, 2.45) is 5.41 Å². The molecule has 18 heavy (non-hydrogen) atoms. The van der Waals surface area contributed by atoms with Crippen molar-refractivity contribution in [3.8, 4) is 0 Å². The molecule has 1 aromatic heterocycles. The van der Waals surface area contributed by atoms with Crippen LogP contribution in [0.25, 0.3) is 0 Å². The predicted molar refractivity (Wildman–Crippen MR) is 67.2 cm³/mol. The summed E-state index contributed by atoms with van der Waals surface area (Å²) in [5.74, 6) is 0.0214. The van der Waals surface area contributed by atoms with Crippen molar-refractivity contribution in [1.29, 1.82) is 0 Å². The molecule has 2 N–H and O–H groups in total. The van der Waals surface area contributed by atoms with Gasteiger partial charge < -0.3 is 10.6 Å². The van der Waals surface area contributed by atoms with E-state index in [0.29, 0.717) is 0 Å². The van der Waals surface area contributed by atoms with Gasteiger partial charge in [-0.05, 0) is 19.9 Å². The lowest BCUT2D eigenvalue weighted by molar-refractivity contribution is -0.384. The summed E-state index contributed by atoms with van der Waals surface area (Å²) in [6, 6.07) is 2.86. The molecule has 0 bridgehead atoms. The Hall–Kier alpha value is -2.18. The van der Waals surface area contributed by atoms with E-state index in [0.717, 1.165) is 0 Å². The van der Waals surface area contributed by atoms with Gasteiger partial charge in [0.2, 0.25) is 11.7 Å². The summed E-state index contributed by atoms with van der Waals surface area (Å²) in [5, 5.41) is 16.2. The third-order valence-electron chi connectivity index (χ3n) is 2.52. The summed E-state index contributed by atoms with van der Waals surface area (Å²) >= 11 is 0. The largest absolute Gasteiger partial charge is 0.363 e. The number of hydrogen-bond donors (Lipinski definition) is 2. The maximum Gasteiger partial charge on any atom is 0.311 e. The van der Waals surface area contributed by atoms with Crippen LogP contribution in [0.5, 0.6) is 0 Å². The first-order valence-electron chi connectivity index (χ1n) is 5.44. The molecule has 0 aromatic carbocycles. The standard InChI is InChI=1S/C11H16N4O3/c1-11(2,10(16)12-3)7-14-9-8(15(17)18)5-4-6-13-9/h4-6H,7H2,1-3H3,(H,12,16)(H,13,14). The molecule has 0 aliphatic rings. The summed E-state index contributed by atoms with van der Waals surface area (Å²) in [5.41, 5.74) is -0.787. The van der Waals surface area contributed by atoms with Crippen molar-refractivity contribution < 1.29 is 9.72 Å². The molecule has 0 atom stereocenters. The molecule has 1 rings (SSSR count). The van der Waals surface area contributed by atoms with E-state index in [9.17, 15) is 14.9 Å². The highest BCUT2D eigenvalue weighted by atomic mass is 16.6. The van der Waals surface area contributed by atoms with Gasteiger partial charge in [-0.2, -0.15) is 0 Å². The van der Waals surface area contributed by atoms with Gasteiger partial charge in [-0.3, -0.25) is 14.9 Å². The SMILES string of the molecule is CNC(=O)C(C)(C)CNc1ncccc1[N+](=O)[O-]. The minimum atomic E-state index is -0.680. The van der Waals surface area contributed by atoms with Crippen molar-refractivity contribution in [3.05, 3.63) is 28.4 Å². The van der Waals surface area contributed by atoms with E-state index < -0.39 is 10.3 Å². The number of pyridine rings is 1. The lowest BCUT2D eigenvalue weighted by Crippen LogP contribution is -2.39. The molecule has 1 amide bonds. The molecule has 0 spiro atoms. The highest BCUT2D eigenvalue weighted by Gasteiger charge is 2.27. The highest BCUT2D eigenvalue weighted by molar-refractivity contribution is 5.82. The molecular weight excluding hydrogens is 236 g/mol. The summed E-state index contributed by atoms with van der Waals surface area (Å²) in [6.45, 7) is 3.74. The number of amides is 1. The molecule has 0 unspecified atom stereocenters. The Balaban J connectivity index is 2.81. The zero-order valence-electron chi connectivity index (χ0n) is 10.6. The smallest absolute Gasteiger partial charge is 0.311 e. The zero-order valence-corrected chi connectivity index (χ0v) is 10.6. The average molecular weight is 252 g/mol. The van der Waals surface area contributed by atoms with E-state index in [2.05, 4.69) is 15.6 Å². The van der Waals surface area contributed by atoms with Gasteiger partial charge in [0.15, 0.2) is 0 Å². The maximum absolute atomic E-state index is 11.6. The molecule has 0 radical (unpaired) electrons. The van der Waals surface area contributed by atoms with Gasteiger partial charge >= 0.3 is 5.69 Å². The van der Waals surface area contributed by atoms with Crippen LogP contribution in [0.1, 0.15) is 13.8 Å². The number of nitro groups is 1. The second-order valence-corrected chi connectivity index (χ2v) is 4.44. The third-order valence-corrected chi connectivity index (χ3v) is 2.52. The fourth-order valence-electron chi connectivity index (χ4n) is 1.40. The van der Waals surface area contributed by atoms with Gasteiger partial charge in [0, 0.05) is 25.9 Å². The second kappa shape index (κ2) is 5.44. The van der Waals surface area contributed by atoms with E-state index in [4.69, 9.17) is 0 Å². The van der Waals surface area contributed by atoms with Crippen LogP contribution in [0.2, 0.25) is 0 Å². The monoisotopic (exact) mass is 252 g/mol. The van der Waals surface area contributed by atoms with Gasteiger partial charge in [-0.25, -0.2) is 4.98 Å². The van der Waals surface area contributed by atoms with Gasteiger partial charge in [0.1, 0.15) is 0 Å². The minimum Gasteiger partial charge on any atom is -0.363 e. The second-order valence-electron chi connectivity index (χ2n) is 4.44. The van der Waals surface area contributed by atoms with Crippen LogP contribution < -0.4 is 10.6 Å². The van der Waals surface area contributed by atoms with E-state index in [1.807, 2.05) is 0 Å². The Labute approximate surface area is 105 Å². The Bertz CT molecular complexity index is 459. The molecule has 0 saturated carbocycles. The van der Waals surface area contributed by atoms with Crippen LogP contribution in [-0.2, 0) is 4.79 Å². The molecular formula is C11H16N4O3. The predicted octanol–water partition coefficient (Wildman–Crippen LogP) is 1.17. The van der Waals surface area contributed by atoms with Crippen molar-refractivity contribution in [2.75, 3.05) is 18.9 Å². The Kier molecular flexibility index (Phi) is 4.19. The van der Waals surface area contributed by atoms with Crippen molar-refractivity contribution in [3.63, 3.8) is 0 Å². The number of carbonyl (C=O) groups excluding carboxylic acids is 1. The number of aromatic nitrogens is 1. The number of nitrogens with zero attached hydrogens (tertiary/aromatic N) is 2. The van der Waals surface area contributed by atoms with Gasteiger partial charge in [-0.15, -0.1) is 0 Å². The summed E-state index contributed by atoms with van der Waals surface area (Å²) in [7, 11) is 1.55. The molecule has 1 heterocycles. The first-order valence-corrected chi connectivity index (χ1v) is 5.44. The van der Waals surface area contributed by atoms with Crippen LogP contribution in [0, 0.1) is 15.5 Å². The number of carbonyl (C=O) groups is 1. The summed E-state index contributed by atoms with van der Waals surface area (Å²) in [6.07, 6.45) is 1.46. The fraction of sp³-hybridized carbons (Fsp3) is 0.455. The lowest BCUT2D eigenvalue weighted by atomic mass is 9.92. The normalized spacial score (nSPS) is 10.8. The van der Waals surface area contributed by atoms with Crippen molar-refractivity contribution >= 4 is 17.4 Å². The van der Waals surface area contributed by atoms with Gasteiger partial charge in [-0.1, -0.05) is 0 Å². The molecule has 7 heteroatoms. The van der Waals surface area contributed by atoms with Crippen molar-refractivity contribution in [2.45, 2.75) is 13.8 Å². The number of hydrogen-bond acceptors (Lipinski definition) is 5. The van der Waals surface area contributed by atoms with Crippen molar-refractivity contribution in [1.82, 2.24) is 10.3 Å². The van der Waals surface area contributed by atoms with E-state index in [1.165, 1.54) is 18.3 Å². The van der Waals surface area contributed by atoms with Crippen LogP contribution in [0.3, 0.4) is 0 Å². The average Bonchev–Trinajstić information content (AvgIpc) is 2.35. The van der Waals surface area contributed by atoms with E-state index >= 15 is 0 Å². The number of nitrogens with one attached hydrogen (secondary N) is 2. The van der Waals surface area contributed by atoms with Crippen LogP contribution in [0.15, 0.2) is 18.3 Å². The topological polar surface area (TPSA) is 97.2 Å². The third kappa shape index (κ3) is 3.16. The van der Waals surface area contributed by atoms with E-state index in [1.54, 1.807) is 20.9 Å². The molecule has 0 fully saturated rings. The first-order chi connectivity index (χ1) is 8.38. The Morgan fingerprint density at radius 1 is 1.56 bits per heavy atom. The lowest BCUT2D eigenvalue weighted by Gasteiger charge is -2.22. The minimum absolute atomic E-state index is 0.106. The highest BCUT2D eigenvalue weighted by Crippen LogP contribution is 2.23. The Morgan fingerprint density at radius 3 is 2.78 bits per heavy atom. The molecule has 1 aromatic rings. The van der Waals surface area contributed by atoms with Gasteiger partial charge in [0.25, 0.3) is 0 Å². The molecule has 0 aliphatic heterocycles. The van der Waals surface area contributed by atoms with Crippen LogP contribution >= 0.6 is 0 Å². The van der Waals surface area contributed by atoms with Gasteiger partial charge in [0.05, 0.1) is 10.3 Å². The molecule has 0 saturated heterocycles. The quantitative estimate of drug-likeness (QED) is 0.605.